The van der Waals surface area contributed by atoms with Crippen molar-refractivity contribution in [2.24, 2.45) is 0 Å². The Bertz CT molecular complexity index is 978. The van der Waals surface area contributed by atoms with Gasteiger partial charge in [0.15, 0.2) is 11.5 Å². The fourth-order valence-corrected chi connectivity index (χ4v) is 3.80. The smallest absolute Gasteiger partial charge is 0.240 e. The van der Waals surface area contributed by atoms with Crippen molar-refractivity contribution in [1.82, 2.24) is 4.72 Å². The number of rotatable bonds is 7. The van der Waals surface area contributed by atoms with Crippen LogP contribution in [-0.2, 0) is 14.8 Å². The highest BCUT2D eigenvalue weighted by Crippen LogP contribution is 2.32. The van der Waals surface area contributed by atoms with Gasteiger partial charge in [0.2, 0.25) is 15.9 Å². The Kier molecular flexibility index (Phi) is 6.15. The van der Waals surface area contributed by atoms with Crippen LogP contribution in [0, 0.1) is 12.7 Å². The van der Waals surface area contributed by atoms with Gasteiger partial charge in [0.05, 0.1) is 4.90 Å². The van der Waals surface area contributed by atoms with Gasteiger partial charge >= 0.3 is 0 Å². The first-order valence-electron chi connectivity index (χ1n) is 8.80. The van der Waals surface area contributed by atoms with Gasteiger partial charge in [0.1, 0.15) is 19.0 Å². The number of benzene rings is 2. The van der Waals surface area contributed by atoms with E-state index in [2.05, 4.69) is 10.0 Å². The molecule has 0 aliphatic carbocycles. The van der Waals surface area contributed by atoms with Crippen LogP contribution in [-0.4, -0.2) is 34.1 Å². The van der Waals surface area contributed by atoms with Crippen LogP contribution in [0.5, 0.6) is 11.5 Å². The number of carbonyl (C=O) groups is 1. The number of hydrogen-bond donors (Lipinski definition) is 2. The third-order valence-corrected chi connectivity index (χ3v) is 5.62. The molecule has 28 heavy (non-hydrogen) atoms. The normalized spacial score (nSPS) is 13.2. The molecule has 0 saturated heterocycles. The maximum Gasteiger partial charge on any atom is 0.240 e. The number of hydrogen-bond acceptors (Lipinski definition) is 5. The molecule has 2 N–H and O–H groups in total. The lowest BCUT2D eigenvalue weighted by Gasteiger charge is -2.18. The summed E-state index contributed by atoms with van der Waals surface area (Å²) < 4.78 is 51.1. The van der Waals surface area contributed by atoms with E-state index in [0.717, 1.165) is 0 Å². The van der Waals surface area contributed by atoms with Crippen molar-refractivity contribution in [2.45, 2.75) is 24.7 Å². The highest BCUT2D eigenvalue weighted by atomic mass is 32.2. The fraction of sp³-hybridized carbons (Fsp3) is 0.316. The van der Waals surface area contributed by atoms with E-state index in [1.54, 1.807) is 13.0 Å². The second-order valence-electron chi connectivity index (χ2n) is 6.31. The molecule has 0 spiro atoms. The number of amides is 1. The fourth-order valence-electron chi connectivity index (χ4n) is 2.71. The van der Waals surface area contributed by atoms with Crippen molar-refractivity contribution in [3.63, 3.8) is 0 Å². The third kappa shape index (κ3) is 4.99. The number of ether oxygens (including phenoxy) is 2. The third-order valence-electron chi connectivity index (χ3n) is 4.16. The molecule has 9 heteroatoms. The molecule has 7 nitrogen and oxygen atoms in total. The van der Waals surface area contributed by atoms with Crippen LogP contribution in [0.4, 0.5) is 10.1 Å². The molecule has 0 radical (unpaired) electrons. The first-order chi connectivity index (χ1) is 13.3. The molecule has 1 amide bonds. The number of halogens is 1. The second-order valence-corrected chi connectivity index (χ2v) is 8.08. The van der Waals surface area contributed by atoms with Crippen molar-refractivity contribution in [3.8, 4) is 11.5 Å². The van der Waals surface area contributed by atoms with Gasteiger partial charge in [-0.25, -0.2) is 17.5 Å². The van der Waals surface area contributed by atoms with Gasteiger partial charge in [0.25, 0.3) is 0 Å². The molecule has 0 fully saturated rings. The summed E-state index contributed by atoms with van der Waals surface area (Å²) in [6.07, 6.45) is 0.441. The second kappa shape index (κ2) is 8.57. The molecular formula is C19H21FN2O5S. The number of sulfonamides is 1. The molecule has 1 aliphatic rings. The average molecular weight is 408 g/mol. The Labute approximate surface area is 162 Å². The monoisotopic (exact) mass is 408 g/mol. The topological polar surface area (TPSA) is 93.7 Å². The van der Waals surface area contributed by atoms with Gasteiger partial charge in [-0.3, -0.25) is 4.79 Å². The average Bonchev–Trinajstić information content (AvgIpc) is 2.67. The summed E-state index contributed by atoms with van der Waals surface area (Å²) >= 11 is 0. The van der Waals surface area contributed by atoms with Crippen LogP contribution in [0.15, 0.2) is 41.3 Å². The van der Waals surface area contributed by atoms with Crippen molar-refractivity contribution >= 4 is 21.6 Å². The van der Waals surface area contributed by atoms with Crippen LogP contribution in [0.25, 0.3) is 0 Å². The molecule has 2 aromatic carbocycles. The highest BCUT2D eigenvalue weighted by molar-refractivity contribution is 7.89. The standard InChI is InChI=1S/C19H21FN2O5S/c1-13-11-14(20)4-6-16(13)22-19(23)3-2-8-21-28(24,25)15-5-7-17-18(12-15)27-10-9-26-17/h4-7,11-12,21H,2-3,8-10H2,1H3,(H,22,23). The van der Waals surface area contributed by atoms with Crippen LogP contribution in [0.1, 0.15) is 18.4 Å². The minimum atomic E-state index is -3.72. The summed E-state index contributed by atoms with van der Waals surface area (Å²) in [5.41, 5.74) is 1.15. The molecule has 150 valence electrons. The lowest BCUT2D eigenvalue weighted by molar-refractivity contribution is -0.116. The van der Waals surface area contributed by atoms with E-state index in [0.29, 0.717) is 42.4 Å². The van der Waals surface area contributed by atoms with Crippen LogP contribution >= 0.6 is 0 Å². The van der Waals surface area contributed by atoms with Gasteiger partial charge in [-0.05, 0) is 49.2 Å². The zero-order valence-corrected chi connectivity index (χ0v) is 16.1. The van der Waals surface area contributed by atoms with Gasteiger partial charge in [0, 0.05) is 24.7 Å². The minimum absolute atomic E-state index is 0.0724. The van der Waals surface area contributed by atoms with E-state index in [-0.39, 0.29) is 29.6 Å². The molecule has 0 atom stereocenters. The Balaban J connectivity index is 1.49. The Morgan fingerprint density at radius 3 is 2.61 bits per heavy atom. The Morgan fingerprint density at radius 1 is 1.11 bits per heavy atom. The number of anilines is 1. The largest absolute Gasteiger partial charge is 0.486 e. The minimum Gasteiger partial charge on any atom is -0.486 e. The summed E-state index contributed by atoms with van der Waals surface area (Å²) in [4.78, 5) is 12.1. The lowest BCUT2D eigenvalue weighted by Crippen LogP contribution is -2.26. The van der Waals surface area contributed by atoms with Crippen molar-refractivity contribution in [1.29, 1.82) is 0 Å². The first kappa shape index (κ1) is 20.1. The van der Waals surface area contributed by atoms with Crippen LogP contribution in [0.3, 0.4) is 0 Å². The molecule has 0 saturated carbocycles. The maximum absolute atomic E-state index is 13.1. The first-order valence-corrected chi connectivity index (χ1v) is 10.3. The van der Waals surface area contributed by atoms with Gasteiger partial charge < -0.3 is 14.8 Å². The van der Waals surface area contributed by atoms with E-state index in [1.165, 1.54) is 30.3 Å². The SMILES string of the molecule is Cc1cc(F)ccc1NC(=O)CCCNS(=O)(=O)c1ccc2c(c1)OCCO2. The van der Waals surface area contributed by atoms with Crippen molar-refractivity contribution in [3.05, 3.63) is 47.8 Å². The zero-order valence-electron chi connectivity index (χ0n) is 15.3. The number of aryl methyl sites for hydroxylation is 1. The zero-order chi connectivity index (χ0) is 20.1. The quantitative estimate of drug-likeness (QED) is 0.687. The lowest BCUT2D eigenvalue weighted by atomic mass is 10.2. The molecule has 0 unspecified atom stereocenters. The van der Waals surface area contributed by atoms with Gasteiger partial charge in [-0.15, -0.1) is 0 Å². The summed E-state index contributed by atoms with van der Waals surface area (Å²) in [7, 11) is -3.72. The van der Waals surface area contributed by atoms with E-state index in [4.69, 9.17) is 9.47 Å². The molecule has 0 bridgehead atoms. The van der Waals surface area contributed by atoms with Crippen molar-refractivity contribution < 1.29 is 27.1 Å². The van der Waals surface area contributed by atoms with Gasteiger partial charge in [-0.2, -0.15) is 0 Å². The van der Waals surface area contributed by atoms with Gasteiger partial charge in [-0.1, -0.05) is 0 Å². The predicted octanol–water partition coefficient (Wildman–Crippen LogP) is 2.60. The Morgan fingerprint density at radius 2 is 1.86 bits per heavy atom. The molecule has 1 aliphatic heterocycles. The summed E-state index contributed by atoms with van der Waals surface area (Å²) in [6, 6.07) is 8.51. The maximum atomic E-state index is 13.1. The number of carbonyl (C=O) groups excluding carboxylic acids is 1. The predicted molar refractivity (Wildman–Crippen MR) is 102 cm³/mol. The molecule has 0 aromatic heterocycles. The highest BCUT2D eigenvalue weighted by Gasteiger charge is 2.19. The number of fused-ring (bicyclic) bond motifs is 1. The van der Waals surface area contributed by atoms with E-state index >= 15 is 0 Å². The summed E-state index contributed by atoms with van der Waals surface area (Å²) in [5.74, 6) is 0.262. The van der Waals surface area contributed by atoms with E-state index in [9.17, 15) is 17.6 Å². The summed E-state index contributed by atoms with van der Waals surface area (Å²) in [6.45, 7) is 2.59. The van der Waals surface area contributed by atoms with Crippen LogP contribution < -0.4 is 19.5 Å². The molecule has 1 heterocycles. The van der Waals surface area contributed by atoms with E-state index in [1.807, 2.05) is 0 Å². The summed E-state index contributed by atoms with van der Waals surface area (Å²) in [5, 5.41) is 2.69. The molecule has 2 aromatic rings. The number of nitrogens with one attached hydrogen (secondary N) is 2. The Hall–Kier alpha value is -2.65. The van der Waals surface area contributed by atoms with Crippen molar-refractivity contribution in [2.75, 3.05) is 25.1 Å². The van der Waals surface area contributed by atoms with Crippen LogP contribution in [0.2, 0.25) is 0 Å². The molecular weight excluding hydrogens is 387 g/mol. The molecule has 3 rings (SSSR count). The van der Waals surface area contributed by atoms with E-state index < -0.39 is 10.0 Å².